The molecule has 1 N–H and O–H groups in total. The molecule has 1 aromatic heterocycles. The molecule has 3 rings (SSSR count). The van der Waals surface area contributed by atoms with Gasteiger partial charge in [0.25, 0.3) is 0 Å². The van der Waals surface area contributed by atoms with Crippen LogP contribution in [0.3, 0.4) is 0 Å². The van der Waals surface area contributed by atoms with Crippen LogP contribution >= 0.6 is 27.7 Å². The van der Waals surface area contributed by atoms with Gasteiger partial charge in [-0.05, 0) is 36.4 Å². The molecule has 0 fully saturated rings. The van der Waals surface area contributed by atoms with E-state index in [1.807, 2.05) is 24.3 Å². The van der Waals surface area contributed by atoms with E-state index in [0.717, 1.165) is 13.9 Å². The molecular formula is C16H12BrFN2O2S. The summed E-state index contributed by atoms with van der Waals surface area (Å²) in [6, 6.07) is 13.3. The van der Waals surface area contributed by atoms with E-state index >= 15 is 0 Å². The maximum atomic E-state index is 14.0. The Hall–Kier alpha value is -1.99. The quantitative estimate of drug-likeness (QED) is 0.731. The molecule has 1 heterocycles. The van der Waals surface area contributed by atoms with Crippen LogP contribution in [0.1, 0.15) is 0 Å². The zero-order chi connectivity index (χ0) is 16.6. The highest BCUT2D eigenvalue weighted by Gasteiger charge is 2.21. The van der Waals surface area contributed by atoms with Crippen molar-refractivity contribution in [3.63, 3.8) is 0 Å². The lowest BCUT2D eigenvalue weighted by Gasteiger charge is -2.05. The Kier molecular flexibility index (Phi) is 4.32. The van der Waals surface area contributed by atoms with Crippen LogP contribution in [0.25, 0.3) is 5.69 Å². The maximum Gasteiger partial charge on any atom is 0.336 e. The molecule has 0 atom stereocenters. The number of benzene rings is 2. The SMILES string of the molecule is Cn1c(Sc2ccc(Br)cc2)c(O)n(-c2ccccc2F)c1=O. The van der Waals surface area contributed by atoms with Crippen LogP contribution in [-0.2, 0) is 7.05 Å². The van der Waals surface area contributed by atoms with Gasteiger partial charge in [-0.25, -0.2) is 13.8 Å². The fourth-order valence-corrected chi connectivity index (χ4v) is 3.31. The standard InChI is InChI=1S/C16H12BrFN2O2S/c1-19-15(23-11-8-6-10(17)7-9-11)14(21)20(16(19)22)13-5-3-2-4-12(13)18/h2-9,21H,1H3. The van der Waals surface area contributed by atoms with Gasteiger partial charge in [0.15, 0.2) is 0 Å². The summed E-state index contributed by atoms with van der Waals surface area (Å²) in [6.45, 7) is 0. The van der Waals surface area contributed by atoms with Crippen molar-refractivity contribution >= 4 is 27.7 Å². The third-order valence-electron chi connectivity index (χ3n) is 3.31. The average Bonchev–Trinajstić information content (AvgIpc) is 2.74. The van der Waals surface area contributed by atoms with Crippen LogP contribution in [0, 0.1) is 5.82 Å². The van der Waals surface area contributed by atoms with Crippen LogP contribution in [0.4, 0.5) is 4.39 Å². The largest absolute Gasteiger partial charge is 0.492 e. The van der Waals surface area contributed by atoms with Gasteiger partial charge in [0, 0.05) is 16.4 Å². The summed E-state index contributed by atoms with van der Waals surface area (Å²) in [5.74, 6) is -0.855. The van der Waals surface area contributed by atoms with Crippen LogP contribution in [-0.4, -0.2) is 14.2 Å². The fourth-order valence-electron chi connectivity index (χ4n) is 2.15. The molecule has 4 nitrogen and oxygen atoms in total. The van der Waals surface area contributed by atoms with E-state index in [2.05, 4.69) is 15.9 Å². The Labute approximate surface area is 144 Å². The molecular weight excluding hydrogens is 383 g/mol. The van der Waals surface area contributed by atoms with Gasteiger partial charge in [-0.1, -0.05) is 39.8 Å². The van der Waals surface area contributed by atoms with Crippen LogP contribution < -0.4 is 5.69 Å². The van der Waals surface area contributed by atoms with E-state index in [1.54, 1.807) is 13.1 Å². The fraction of sp³-hybridized carbons (Fsp3) is 0.0625. The van der Waals surface area contributed by atoms with E-state index < -0.39 is 11.5 Å². The lowest BCUT2D eigenvalue weighted by atomic mass is 10.3. The predicted octanol–water partition coefficient (Wildman–Crippen LogP) is 3.93. The van der Waals surface area contributed by atoms with Crippen LogP contribution in [0.5, 0.6) is 5.88 Å². The minimum atomic E-state index is -0.573. The van der Waals surface area contributed by atoms with Crippen molar-refractivity contribution in [3.05, 3.63) is 69.3 Å². The number of aromatic nitrogens is 2. The molecule has 0 aliphatic heterocycles. The molecule has 2 aromatic carbocycles. The number of rotatable bonds is 3. The van der Waals surface area contributed by atoms with Crippen molar-refractivity contribution in [2.75, 3.05) is 0 Å². The van der Waals surface area contributed by atoms with E-state index in [4.69, 9.17) is 0 Å². The third kappa shape index (κ3) is 2.94. The minimum absolute atomic E-state index is 0.0215. The Morgan fingerprint density at radius 2 is 1.78 bits per heavy atom. The first-order valence-corrected chi connectivity index (χ1v) is 8.29. The van der Waals surface area contributed by atoms with Crippen molar-refractivity contribution in [3.8, 4) is 11.6 Å². The number of imidazole rings is 1. The Morgan fingerprint density at radius 3 is 2.43 bits per heavy atom. The Morgan fingerprint density at radius 1 is 1.13 bits per heavy atom. The molecule has 23 heavy (non-hydrogen) atoms. The number of para-hydroxylation sites is 1. The molecule has 0 aliphatic carbocycles. The molecule has 0 amide bonds. The van der Waals surface area contributed by atoms with E-state index in [9.17, 15) is 14.3 Å². The highest BCUT2D eigenvalue weighted by molar-refractivity contribution is 9.10. The van der Waals surface area contributed by atoms with E-state index in [-0.39, 0.29) is 11.6 Å². The molecule has 7 heteroatoms. The zero-order valence-corrected chi connectivity index (χ0v) is 14.4. The summed E-state index contributed by atoms with van der Waals surface area (Å²) in [5, 5.41) is 10.8. The first-order chi connectivity index (χ1) is 11.0. The van der Waals surface area contributed by atoms with E-state index in [1.165, 1.54) is 34.5 Å². The van der Waals surface area contributed by atoms with Gasteiger partial charge in [0.2, 0.25) is 5.88 Å². The zero-order valence-electron chi connectivity index (χ0n) is 12.0. The Bertz CT molecular complexity index is 919. The summed E-state index contributed by atoms with van der Waals surface area (Å²) in [7, 11) is 1.54. The van der Waals surface area contributed by atoms with Crippen molar-refractivity contribution in [2.24, 2.45) is 7.05 Å². The summed E-state index contributed by atoms with van der Waals surface area (Å²) in [5.41, 5.74) is -0.486. The number of nitrogens with zero attached hydrogens (tertiary/aromatic N) is 2. The molecule has 0 bridgehead atoms. The van der Waals surface area contributed by atoms with Gasteiger partial charge in [0.1, 0.15) is 10.8 Å². The average molecular weight is 395 g/mol. The maximum absolute atomic E-state index is 14.0. The predicted molar refractivity (Wildman–Crippen MR) is 90.9 cm³/mol. The summed E-state index contributed by atoms with van der Waals surface area (Å²) in [4.78, 5) is 13.2. The number of hydrogen-bond acceptors (Lipinski definition) is 3. The molecule has 0 saturated heterocycles. The van der Waals surface area contributed by atoms with Crippen molar-refractivity contribution < 1.29 is 9.50 Å². The van der Waals surface area contributed by atoms with Gasteiger partial charge in [-0.3, -0.25) is 4.57 Å². The third-order valence-corrected chi connectivity index (χ3v) is 4.99. The first-order valence-electron chi connectivity index (χ1n) is 6.68. The first kappa shape index (κ1) is 15.9. The van der Waals surface area contributed by atoms with E-state index in [0.29, 0.717) is 5.03 Å². The molecule has 3 aromatic rings. The van der Waals surface area contributed by atoms with Gasteiger partial charge >= 0.3 is 5.69 Å². The van der Waals surface area contributed by atoms with Gasteiger partial charge in [0.05, 0.1) is 5.69 Å². The van der Waals surface area contributed by atoms with Crippen molar-refractivity contribution in [1.29, 1.82) is 0 Å². The monoisotopic (exact) mass is 394 g/mol. The van der Waals surface area contributed by atoms with Crippen LogP contribution in [0.15, 0.2) is 67.7 Å². The number of hydrogen-bond donors (Lipinski definition) is 1. The lowest BCUT2D eigenvalue weighted by molar-refractivity contribution is 0.424. The topological polar surface area (TPSA) is 47.2 Å². The highest BCUT2D eigenvalue weighted by atomic mass is 79.9. The normalized spacial score (nSPS) is 10.9. The molecule has 0 aliphatic rings. The van der Waals surface area contributed by atoms with Gasteiger partial charge in [-0.15, -0.1) is 0 Å². The molecule has 0 unspecified atom stereocenters. The second-order valence-corrected chi connectivity index (χ2v) is 6.79. The minimum Gasteiger partial charge on any atom is -0.492 e. The van der Waals surface area contributed by atoms with Crippen molar-refractivity contribution in [1.82, 2.24) is 9.13 Å². The summed E-state index contributed by atoms with van der Waals surface area (Å²) >= 11 is 4.59. The number of halogens is 2. The molecule has 0 saturated carbocycles. The second-order valence-electron chi connectivity index (χ2n) is 4.81. The second kappa shape index (κ2) is 6.25. The number of aromatic hydroxyl groups is 1. The molecule has 118 valence electrons. The molecule has 0 radical (unpaired) electrons. The smallest absolute Gasteiger partial charge is 0.336 e. The van der Waals surface area contributed by atoms with Gasteiger partial charge < -0.3 is 5.11 Å². The Balaban J connectivity index is 2.10. The lowest BCUT2D eigenvalue weighted by Crippen LogP contribution is -2.21. The summed E-state index contributed by atoms with van der Waals surface area (Å²) in [6.07, 6.45) is 0. The highest BCUT2D eigenvalue weighted by Crippen LogP contribution is 2.35. The van der Waals surface area contributed by atoms with Crippen LogP contribution in [0.2, 0.25) is 0 Å². The van der Waals surface area contributed by atoms with Crippen molar-refractivity contribution in [2.45, 2.75) is 9.92 Å². The molecule has 0 spiro atoms. The van der Waals surface area contributed by atoms with Gasteiger partial charge in [-0.2, -0.15) is 0 Å². The summed E-state index contributed by atoms with van der Waals surface area (Å²) < 4.78 is 17.2.